The van der Waals surface area contributed by atoms with Crippen molar-refractivity contribution in [2.45, 2.75) is 6.61 Å². The van der Waals surface area contributed by atoms with Gasteiger partial charge < -0.3 is 19.5 Å². The Kier molecular flexibility index (Phi) is 6.26. The Morgan fingerprint density at radius 1 is 1.07 bits per heavy atom. The predicted octanol–water partition coefficient (Wildman–Crippen LogP) is 3.50. The lowest BCUT2D eigenvalue weighted by Gasteiger charge is -2.11. The van der Waals surface area contributed by atoms with Gasteiger partial charge in [-0.3, -0.25) is 9.48 Å². The topological polar surface area (TPSA) is 91.7 Å². The number of hydrogen-bond donors (Lipinski definition) is 1. The second-order valence-corrected chi connectivity index (χ2v) is 6.01. The van der Waals surface area contributed by atoms with E-state index in [0.717, 1.165) is 0 Å². The molecule has 30 heavy (non-hydrogen) atoms. The lowest BCUT2D eigenvalue weighted by Crippen LogP contribution is -2.11. The first-order valence-electron chi connectivity index (χ1n) is 8.61. The number of halogens is 2. The second kappa shape index (κ2) is 9.03. The third kappa shape index (κ3) is 5.10. The first kappa shape index (κ1) is 20.8. The van der Waals surface area contributed by atoms with Crippen LogP contribution >= 0.6 is 0 Å². The number of hydrogen-bond acceptors (Lipinski definition) is 6. The maximum Gasteiger partial charge on any atom is 0.387 e. The number of aryl methyl sites for hydroxylation is 1. The van der Waals surface area contributed by atoms with Crippen LogP contribution in [-0.4, -0.2) is 35.4 Å². The Labute approximate surface area is 170 Å². The van der Waals surface area contributed by atoms with Crippen LogP contribution in [0.25, 0.3) is 0 Å². The van der Waals surface area contributed by atoms with Crippen molar-refractivity contribution in [1.29, 1.82) is 0 Å². The van der Waals surface area contributed by atoms with Crippen molar-refractivity contribution >= 4 is 17.6 Å². The number of anilines is 1. The Hall–Kier alpha value is -3.95. The number of nitrogens with one attached hydrogen (secondary N) is 1. The van der Waals surface area contributed by atoms with E-state index >= 15 is 0 Å². The molecule has 0 radical (unpaired) electrons. The van der Waals surface area contributed by atoms with Gasteiger partial charge in [-0.1, -0.05) is 0 Å². The van der Waals surface area contributed by atoms with Crippen LogP contribution in [-0.2, 0) is 7.05 Å². The minimum atomic E-state index is -3.02. The van der Waals surface area contributed by atoms with Gasteiger partial charge in [-0.15, -0.1) is 0 Å². The van der Waals surface area contributed by atoms with E-state index in [1.807, 2.05) is 0 Å². The molecule has 1 N–H and O–H groups in total. The van der Waals surface area contributed by atoms with Gasteiger partial charge in [0.15, 0.2) is 11.5 Å². The van der Waals surface area contributed by atoms with Crippen LogP contribution in [0.3, 0.4) is 0 Å². The summed E-state index contributed by atoms with van der Waals surface area (Å²) >= 11 is 0. The van der Waals surface area contributed by atoms with Crippen molar-refractivity contribution in [1.82, 2.24) is 9.78 Å². The standard InChI is InChI=1S/C20H17F2N3O5/c1-25-11-13(10-23-25)18(26)24-14-4-6-15(7-5-14)29-19(27)12-3-8-16(30-20(21)22)17(9-12)28-2/h3-11,20H,1-2H3,(H,24,26). The first-order chi connectivity index (χ1) is 14.4. The minimum Gasteiger partial charge on any atom is -0.493 e. The molecule has 3 rings (SSSR count). The molecule has 0 spiro atoms. The largest absolute Gasteiger partial charge is 0.493 e. The average Bonchev–Trinajstić information content (AvgIpc) is 3.16. The minimum absolute atomic E-state index is 0.0294. The molecule has 10 heteroatoms. The molecule has 8 nitrogen and oxygen atoms in total. The van der Waals surface area contributed by atoms with Crippen LogP contribution in [0, 0.1) is 0 Å². The molecule has 0 aliphatic rings. The van der Waals surface area contributed by atoms with Gasteiger partial charge in [0.1, 0.15) is 5.75 Å². The molecule has 156 valence electrons. The Balaban J connectivity index is 1.65. The molecule has 1 amide bonds. The van der Waals surface area contributed by atoms with E-state index in [1.165, 1.54) is 48.3 Å². The van der Waals surface area contributed by atoms with Crippen molar-refractivity contribution in [3.63, 3.8) is 0 Å². The molecule has 0 fully saturated rings. The highest BCUT2D eigenvalue weighted by Crippen LogP contribution is 2.30. The molecule has 2 aromatic carbocycles. The average molecular weight is 417 g/mol. The first-order valence-corrected chi connectivity index (χ1v) is 8.61. The third-order valence-electron chi connectivity index (χ3n) is 3.91. The van der Waals surface area contributed by atoms with Crippen LogP contribution in [0.5, 0.6) is 17.2 Å². The zero-order valence-electron chi connectivity index (χ0n) is 16.0. The van der Waals surface area contributed by atoms with Crippen molar-refractivity contribution in [2.24, 2.45) is 7.05 Å². The number of aromatic nitrogens is 2. The summed E-state index contributed by atoms with van der Waals surface area (Å²) in [6, 6.07) is 9.85. The van der Waals surface area contributed by atoms with Crippen LogP contribution < -0.4 is 19.5 Å². The summed E-state index contributed by atoms with van der Waals surface area (Å²) in [5.41, 5.74) is 0.988. The normalized spacial score (nSPS) is 10.6. The number of carbonyl (C=O) groups excluding carboxylic acids is 2. The molecule has 0 unspecified atom stereocenters. The number of methoxy groups -OCH3 is 1. The summed E-state index contributed by atoms with van der Waals surface area (Å²) in [7, 11) is 2.97. The zero-order valence-corrected chi connectivity index (χ0v) is 16.0. The Bertz CT molecular complexity index is 1050. The molecule has 3 aromatic rings. The van der Waals surface area contributed by atoms with Gasteiger partial charge in [0.05, 0.1) is 24.4 Å². The van der Waals surface area contributed by atoms with Gasteiger partial charge in [0, 0.05) is 18.9 Å². The van der Waals surface area contributed by atoms with Gasteiger partial charge in [-0.2, -0.15) is 13.9 Å². The number of alkyl halides is 2. The van der Waals surface area contributed by atoms with Crippen LogP contribution in [0.4, 0.5) is 14.5 Å². The highest BCUT2D eigenvalue weighted by atomic mass is 19.3. The lowest BCUT2D eigenvalue weighted by atomic mass is 10.2. The SMILES string of the molecule is COc1cc(C(=O)Oc2ccc(NC(=O)c3cnn(C)c3)cc2)ccc1OC(F)F. The zero-order chi connectivity index (χ0) is 21.7. The number of carbonyl (C=O) groups is 2. The monoisotopic (exact) mass is 417 g/mol. The van der Waals surface area contributed by atoms with Crippen molar-refractivity contribution in [3.05, 3.63) is 66.0 Å². The van der Waals surface area contributed by atoms with Gasteiger partial charge in [-0.25, -0.2) is 4.79 Å². The molecule has 0 saturated heterocycles. The van der Waals surface area contributed by atoms with E-state index in [9.17, 15) is 18.4 Å². The van der Waals surface area contributed by atoms with E-state index in [0.29, 0.717) is 11.3 Å². The van der Waals surface area contributed by atoms with Crippen molar-refractivity contribution in [2.75, 3.05) is 12.4 Å². The fourth-order valence-electron chi connectivity index (χ4n) is 2.50. The number of nitrogens with zero attached hydrogens (tertiary/aromatic N) is 2. The summed E-state index contributed by atoms with van der Waals surface area (Å²) < 4.78 is 40.8. The Morgan fingerprint density at radius 3 is 2.40 bits per heavy atom. The quantitative estimate of drug-likeness (QED) is 0.467. The smallest absolute Gasteiger partial charge is 0.387 e. The molecule has 1 heterocycles. The summed E-state index contributed by atoms with van der Waals surface area (Å²) in [6.45, 7) is -3.02. The van der Waals surface area contributed by atoms with Gasteiger partial charge in [0.2, 0.25) is 0 Å². The van der Waals surface area contributed by atoms with Gasteiger partial charge in [0.25, 0.3) is 5.91 Å². The molecule has 0 saturated carbocycles. The second-order valence-electron chi connectivity index (χ2n) is 6.01. The van der Waals surface area contributed by atoms with E-state index in [1.54, 1.807) is 25.4 Å². The van der Waals surface area contributed by atoms with Gasteiger partial charge >= 0.3 is 12.6 Å². The van der Waals surface area contributed by atoms with Crippen LogP contribution in [0.1, 0.15) is 20.7 Å². The predicted molar refractivity (Wildman–Crippen MR) is 102 cm³/mol. The number of benzene rings is 2. The van der Waals surface area contributed by atoms with Crippen LogP contribution in [0.15, 0.2) is 54.9 Å². The summed E-state index contributed by atoms with van der Waals surface area (Å²) in [5, 5.41) is 6.63. The summed E-state index contributed by atoms with van der Waals surface area (Å²) in [4.78, 5) is 24.4. The summed E-state index contributed by atoms with van der Waals surface area (Å²) in [6.07, 6.45) is 3.02. The maximum absolute atomic E-state index is 12.4. The van der Waals surface area contributed by atoms with E-state index in [4.69, 9.17) is 9.47 Å². The number of rotatable bonds is 7. The number of esters is 1. The highest BCUT2D eigenvalue weighted by molar-refractivity contribution is 6.04. The number of ether oxygens (including phenoxy) is 3. The third-order valence-corrected chi connectivity index (χ3v) is 3.91. The van der Waals surface area contributed by atoms with Gasteiger partial charge in [-0.05, 0) is 42.5 Å². The fourth-order valence-corrected chi connectivity index (χ4v) is 2.50. The maximum atomic E-state index is 12.4. The van der Waals surface area contributed by atoms with E-state index in [2.05, 4.69) is 15.2 Å². The highest BCUT2D eigenvalue weighted by Gasteiger charge is 2.16. The van der Waals surface area contributed by atoms with E-state index < -0.39 is 12.6 Å². The summed E-state index contributed by atoms with van der Waals surface area (Å²) in [5.74, 6) is -1.04. The van der Waals surface area contributed by atoms with Crippen molar-refractivity contribution < 1.29 is 32.6 Å². The number of amides is 1. The molecule has 0 aliphatic heterocycles. The molecular formula is C20H17F2N3O5. The molecule has 1 aromatic heterocycles. The van der Waals surface area contributed by atoms with E-state index in [-0.39, 0.29) is 28.7 Å². The van der Waals surface area contributed by atoms with Crippen molar-refractivity contribution in [3.8, 4) is 17.2 Å². The lowest BCUT2D eigenvalue weighted by molar-refractivity contribution is -0.0512. The molecule has 0 aliphatic carbocycles. The molecule has 0 bridgehead atoms. The fraction of sp³-hybridized carbons (Fsp3) is 0.150. The molecule has 0 atom stereocenters. The Morgan fingerprint density at radius 2 is 1.80 bits per heavy atom. The molecular weight excluding hydrogens is 400 g/mol. The van der Waals surface area contributed by atoms with Crippen LogP contribution in [0.2, 0.25) is 0 Å².